The predicted octanol–water partition coefficient (Wildman–Crippen LogP) is 3.67. The number of nitrogens with zero attached hydrogens (tertiary/aromatic N) is 1. The number of piperazine rings is 1. The fraction of sp³-hybridized carbons (Fsp3) is 0.667. The first-order valence-corrected chi connectivity index (χ1v) is 8.23. The minimum Gasteiger partial charge on any atom is -0.311 e. The number of nitrogens with one attached hydrogen (secondary N) is 1. The summed E-state index contributed by atoms with van der Waals surface area (Å²) in [6.07, 6.45) is 1.16. The van der Waals surface area contributed by atoms with Gasteiger partial charge >= 0.3 is 0 Å². The Morgan fingerprint density at radius 3 is 2.62 bits per heavy atom. The van der Waals surface area contributed by atoms with Crippen LogP contribution >= 0.6 is 0 Å². The van der Waals surface area contributed by atoms with Crippen LogP contribution in [0.4, 0.5) is 4.39 Å². The topological polar surface area (TPSA) is 15.3 Å². The Balaban J connectivity index is 2.15. The van der Waals surface area contributed by atoms with Crippen LogP contribution in [0.25, 0.3) is 0 Å². The van der Waals surface area contributed by atoms with Crippen molar-refractivity contribution in [2.45, 2.75) is 52.7 Å². The first-order valence-electron chi connectivity index (χ1n) is 8.23. The van der Waals surface area contributed by atoms with E-state index in [1.165, 1.54) is 0 Å². The maximum absolute atomic E-state index is 14.0. The second-order valence-corrected chi connectivity index (χ2v) is 6.73. The highest BCUT2D eigenvalue weighted by molar-refractivity contribution is 5.17. The van der Waals surface area contributed by atoms with E-state index in [0.29, 0.717) is 30.5 Å². The van der Waals surface area contributed by atoms with Gasteiger partial charge in [0.15, 0.2) is 0 Å². The Hall–Kier alpha value is -0.930. The molecule has 0 saturated carbocycles. The summed E-state index contributed by atoms with van der Waals surface area (Å²) in [5.41, 5.74) is 0.815. The van der Waals surface area contributed by atoms with E-state index in [9.17, 15) is 4.39 Å². The number of hydrogen-bond donors (Lipinski definition) is 1. The third-order valence-corrected chi connectivity index (χ3v) is 4.93. The molecule has 0 spiro atoms. The molecule has 0 aliphatic carbocycles. The molecule has 21 heavy (non-hydrogen) atoms. The number of rotatable bonds is 5. The Bertz CT molecular complexity index is 447. The van der Waals surface area contributed by atoms with E-state index < -0.39 is 0 Å². The van der Waals surface area contributed by atoms with Crippen LogP contribution in [0.5, 0.6) is 0 Å². The van der Waals surface area contributed by atoms with E-state index in [-0.39, 0.29) is 5.82 Å². The summed E-state index contributed by atoms with van der Waals surface area (Å²) in [5, 5.41) is 3.68. The molecule has 3 atom stereocenters. The lowest BCUT2D eigenvalue weighted by Crippen LogP contribution is -2.59. The number of benzene rings is 1. The molecule has 0 bridgehead atoms. The molecule has 1 aromatic rings. The van der Waals surface area contributed by atoms with Gasteiger partial charge in [0.2, 0.25) is 0 Å². The monoisotopic (exact) mass is 292 g/mol. The summed E-state index contributed by atoms with van der Waals surface area (Å²) < 4.78 is 14.0. The van der Waals surface area contributed by atoms with Crippen molar-refractivity contribution in [3.8, 4) is 0 Å². The lowest BCUT2D eigenvalue weighted by Gasteiger charge is -2.44. The third kappa shape index (κ3) is 4.04. The van der Waals surface area contributed by atoms with Gasteiger partial charge in [-0.05, 0) is 17.9 Å². The Morgan fingerprint density at radius 2 is 2.00 bits per heavy atom. The molecule has 1 saturated heterocycles. The van der Waals surface area contributed by atoms with Gasteiger partial charge in [0.1, 0.15) is 5.82 Å². The summed E-state index contributed by atoms with van der Waals surface area (Å²) in [7, 11) is 0. The van der Waals surface area contributed by atoms with Crippen molar-refractivity contribution in [3.63, 3.8) is 0 Å². The van der Waals surface area contributed by atoms with E-state index in [2.05, 4.69) is 37.9 Å². The van der Waals surface area contributed by atoms with Crippen molar-refractivity contribution >= 4 is 0 Å². The van der Waals surface area contributed by atoms with Gasteiger partial charge in [0, 0.05) is 37.3 Å². The summed E-state index contributed by atoms with van der Waals surface area (Å²) in [4.78, 5) is 2.48. The van der Waals surface area contributed by atoms with Crippen molar-refractivity contribution in [2.75, 3.05) is 13.1 Å². The van der Waals surface area contributed by atoms with Crippen LogP contribution in [0.2, 0.25) is 0 Å². The van der Waals surface area contributed by atoms with Gasteiger partial charge in [-0.15, -0.1) is 0 Å². The highest BCUT2D eigenvalue weighted by atomic mass is 19.1. The van der Waals surface area contributed by atoms with E-state index in [1.807, 2.05) is 12.1 Å². The fourth-order valence-electron chi connectivity index (χ4n) is 3.16. The van der Waals surface area contributed by atoms with Crippen LogP contribution in [0.15, 0.2) is 24.3 Å². The average Bonchev–Trinajstić information content (AvgIpc) is 2.48. The lowest BCUT2D eigenvalue weighted by molar-refractivity contribution is 0.0713. The number of hydrogen-bond acceptors (Lipinski definition) is 2. The molecule has 3 heteroatoms. The zero-order chi connectivity index (χ0) is 15.4. The van der Waals surface area contributed by atoms with E-state index >= 15 is 0 Å². The van der Waals surface area contributed by atoms with Gasteiger partial charge in [-0.2, -0.15) is 0 Å². The van der Waals surface area contributed by atoms with Crippen LogP contribution in [0.3, 0.4) is 0 Å². The molecule has 0 amide bonds. The van der Waals surface area contributed by atoms with Gasteiger partial charge in [-0.3, -0.25) is 4.90 Å². The highest BCUT2D eigenvalue weighted by Crippen LogP contribution is 2.23. The molecule has 3 unspecified atom stereocenters. The van der Waals surface area contributed by atoms with Crippen LogP contribution in [-0.2, 0) is 6.54 Å². The Morgan fingerprint density at radius 1 is 1.29 bits per heavy atom. The first-order chi connectivity index (χ1) is 10.0. The largest absolute Gasteiger partial charge is 0.311 e. The standard InChI is InChI=1S/C18H29FN2/c1-5-14(4)18-10-20-17(13(2)3)12-21(18)11-15-8-6-7-9-16(15)19/h6-9,13-14,17-18,20H,5,10-12H2,1-4H3. The van der Waals surface area contributed by atoms with Crippen molar-refractivity contribution in [2.24, 2.45) is 11.8 Å². The van der Waals surface area contributed by atoms with Gasteiger partial charge < -0.3 is 5.32 Å². The summed E-state index contributed by atoms with van der Waals surface area (Å²) >= 11 is 0. The van der Waals surface area contributed by atoms with Crippen molar-refractivity contribution < 1.29 is 4.39 Å². The quantitative estimate of drug-likeness (QED) is 0.891. The summed E-state index contributed by atoms with van der Waals surface area (Å²) in [6.45, 7) is 11.8. The second kappa shape index (κ2) is 7.37. The van der Waals surface area contributed by atoms with Crippen LogP contribution in [0.1, 0.15) is 39.7 Å². The molecule has 1 aliphatic rings. The van der Waals surface area contributed by atoms with Gasteiger partial charge in [-0.25, -0.2) is 4.39 Å². The third-order valence-electron chi connectivity index (χ3n) is 4.93. The SMILES string of the molecule is CCC(C)C1CNC(C(C)C)CN1Cc1ccccc1F. The molecule has 1 aromatic carbocycles. The lowest BCUT2D eigenvalue weighted by atomic mass is 9.91. The van der Waals surface area contributed by atoms with Crippen LogP contribution in [-0.4, -0.2) is 30.1 Å². The Kier molecular flexibility index (Phi) is 5.77. The minimum absolute atomic E-state index is 0.0833. The molecule has 0 radical (unpaired) electrons. The molecule has 2 rings (SSSR count). The van der Waals surface area contributed by atoms with Gasteiger partial charge in [0.05, 0.1) is 0 Å². The van der Waals surface area contributed by atoms with E-state index in [4.69, 9.17) is 0 Å². The first kappa shape index (κ1) is 16.4. The summed E-state index contributed by atoms with van der Waals surface area (Å²) in [5.74, 6) is 1.14. The van der Waals surface area contributed by atoms with E-state index in [1.54, 1.807) is 12.1 Å². The van der Waals surface area contributed by atoms with Gasteiger partial charge in [0.25, 0.3) is 0 Å². The van der Waals surface area contributed by atoms with Crippen molar-refractivity contribution in [1.29, 1.82) is 0 Å². The fourth-order valence-corrected chi connectivity index (χ4v) is 3.16. The number of halogens is 1. The molecule has 1 N–H and O–H groups in total. The maximum atomic E-state index is 14.0. The summed E-state index contributed by atoms with van der Waals surface area (Å²) in [6, 6.07) is 8.16. The van der Waals surface area contributed by atoms with Crippen molar-refractivity contribution in [3.05, 3.63) is 35.6 Å². The molecule has 1 fully saturated rings. The smallest absolute Gasteiger partial charge is 0.127 e. The van der Waals surface area contributed by atoms with Crippen LogP contribution < -0.4 is 5.32 Å². The second-order valence-electron chi connectivity index (χ2n) is 6.73. The average molecular weight is 292 g/mol. The normalized spacial score (nSPS) is 25.2. The molecule has 1 aliphatic heterocycles. The van der Waals surface area contributed by atoms with Crippen molar-refractivity contribution in [1.82, 2.24) is 10.2 Å². The Labute approximate surface area is 128 Å². The molecule has 1 heterocycles. The molecule has 118 valence electrons. The van der Waals surface area contributed by atoms with Crippen LogP contribution in [0, 0.1) is 17.7 Å². The minimum atomic E-state index is -0.0833. The van der Waals surface area contributed by atoms with Gasteiger partial charge in [-0.1, -0.05) is 52.3 Å². The predicted molar refractivity (Wildman–Crippen MR) is 86.7 cm³/mol. The molecule has 2 nitrogen and oxygen atoms in total. The zero-order valence-corrected chi connectivity index (χ0v) is 13.8. The molecular formula is C18H29FN2. The highest BCUT2D eigenvalue weighted by Gasteiger charge is 2.32. The maximum Gasteiger partial charge on any atom is 0.127 e. The zero-order valence-electron chi connectivity index (χ0n) is 13.8. The molecule has 0 aromatic heterocycles. The molecular weight excluding hydrogens is 263 g/mol. The van der Waals surface area contributed by atoms with E-state index in [0.717, 1.165) is 25.1 Å².